The second kappa shape index (κ2) is 5.87. The molecule has 6 nitrogen and oxygen atoms in total. The van der Waals surface area contributed by atoms with Crippen molar-refractivity contribution < 1.29 is 19.7 Å². The van der Waals surface area contributed by atoms with E-state index in [0.717, 1.165) is 43.4 Å². The zero-order valence-corrected chi connectivity index (χ0v) is 11.4. The summed E-state index contributed by atoms with van der Waals surface area (Å²) in [5.41, 5.74) is 0.998. The maximum absolute atomic E-state index is 9.23. The fourth-order valence-corrected chi connectivity index (χ4v) is 2.59. The predicted molar refractivity (Wildman–Crippen MR) is 74.3 cm³/mol. The maximum atomic E-state index is 9.23. The van der Waals surface area contributed by atoms with Gasteiger partial charge in [0.25, 0.3) is 0 Å². The van der Waals surface area contributed by atoms with Crippen molar-refractivity contribution >= 4 is 5.69 Å². The largest absolute Gasteiger partial charge is 0.486 e. The van der Waals surface area contributed by atoms with E-state index >= 15 is 0 Å². The first-order valence-corrected chi connectivity index (χ1v) is 6.93. The normalized spacial score (nSPS) is 22.9. The van der Waals surface area contributed by atoms with E-state index in [4.69, 9.17) is 14.6 Å². The van der Waals surface area contributed by atoms with Crippen molar-refractivity contribution in [3.63, 3.8) is 0 Å². The second-order valence-electron chi connectivity index (χ2n) is 5.08. The van der Waals surface area contributed by atoms with Crippen LogP contribution < -0.4 is 14.4 Å². The van der Waals surface area contributed by atoms with Gasteiger partial charge < -0.3 is 24.6 Å². The predicted octanol–water partition coefficient (Wildman–Crippen LogP) is -0.110. The molecule has 6 heteroatoms. The van der Waals surface area contributed by atoms with E-state index in [2.05, 4.69) is 4.90 Å². The second-order valence-corrected chi connectivity index (χ2v) is 5.08. The van der Waals surface area contributed by atoms with Crippen LogP contribution in [0.2, 0.25) is 0 Å². The maximum Gasteiger partial charge on any atom is 0.185 e. The van der Waals surface area contributed by atoms with Gasteiger partial charge in [0.15, 0.2) is 17.6 Å². The molecule has 1 fully saturated rings. The van der Waals surface area contributed by atoms with E-state index in [-0.39, 0.29) is 19.4 Å². The van der Waals surface area contributed by atoms with E-state index in [1.807, 2.05) is 23.1 Å². The first kappa shape index (κ1) is 13.5. The lowest BCUT2D eigenvalue weighted by Gasteiger charge is -2.37. The molecule has 2 aliphatic rings. The molecule has 0 amide bonds. The monoisotopic (exact) mass is 280 g/mol. The van der Waals surface area contributed by atoms with Gasteiger partial charge >= 0.3 is 0 Å². The van der Waals surface area contributed by atoms with Crippen LogP contribution in [0.25, 0.3) is 0 Å². The third-order valence-corrected chi connectivity index (χ3v) is 3.78. The van der Waals surface area contributed by atoms with Gasteiger partial charge in [-0.3, -0.25) is 4.90 Å². The standard InChI is InChI=1S/C14H20N2O4/c17-8-11-9-19-13-3-1-2-12(14(13)20-11)16-6-4-15(10-18)5-7-16/h1-3,11,17-18H,4-10H2. The Morgan fingerprint density at radius 3 is 2.65 bits per heavy atom. The zero-order chi connectivity index (χ0) is 13.9. The molecule has 20 heavy (non-hydrogen) atoms. The van der Waals surface area contributed by atoms with Crippen LogP contribution in [0.5, 0.6) is 11.5 Å². The summed E-state index contributed by atoms with van der Waals surface area (Å²) in [5.74, 6) is 1.45. The number of nitrogens with zero attached hydrogens (tertiary/aromatic N) is 2. The summed E-state index contributed by atoms with van der Waals surface area (Å²) in [6.07, 6.45) is -0.303. The molecule has 0 aromatic heterocycles. The highest BCUT2D eigenvalue weighted by Crippen LogP contribution is 2.40. The fraction of sp³-hybridized carbons (Fsp3) is 0.571. The van der Waals surface area contributed by atoms with Crippen LogP contribution in [0.1, 0.15) is 0 Å². The Bertz CT molecular complexity index is 460. The number of aliphatic hydroxyl groups excluding tert-OH is 2. The highest BCUT2D eigenvalue weighted by molar-refractivity contribution is 5.65. The van der Waals surface area contributed by atoms with Gasteiger partial charge in [0.1, 0.15) is 6.61 Å². The third kappa shape index (κ3) is 2.54. The van der Waals surface area contributed by atoms with E-state index < -0.39 is 0 Å². The summed E-state index contributed by atoms with van der Waals surface area (Å²) in [6, 6.07) is 5.85. The molecule has 1 saturated heterocycles. The van der Waals surface area contributed by atoms with Gasteiger partial charge in [-0.1, -0.05) is 6.07 Å². The van der Waals surface area contributed by atoms with E-state index in [9.17, 15) is 5.11 Å². The number of rotatable bonds is 3. The van der Waals surface area contributed by atoms with E-state index in [0.29, 0.717) is 6.61 Å². The van der Waals surface area contributed by atoms with Crippen LogP contribution in [0.4, 0.5) is 5.69 Å². The SMILES string of the molecule is OCC1COc2cccc(N3CCN(CO)CC3)c2O1. The van der Waals surface area contributed by atoms with Gasteiger partial charge in [0.05, 0.1) is 19.0 Å². The number of piperazine rings is 1. The first-order valence-electron chi connectivity index (χ1n) is 6.93. The minimum atomic E-state index is -0.303. The molecule has 2 N–H and O–H groups in total. The lowest BCUT2D eigenvalue weighted by molar-refractivity contribution is 0.0458. The van der Waals surface area contributed by atoms with Crippen molar-refractivity contribution in [2.45, 2.75) is 6.10 Å². The Morgan fingerprint density at radius 2 is 1.95 bits per heavy atom. The summed E-state index contributed by atoms with van der Waals surface area (Å²) >= 11 is 0. The zero-order valence-electron chi connectivity index (χ0n) is 11.4. The van der Waals surface area contributed by atoms with Crippen molar-refractivity contribution in [2.75, 3.05) is 51.0 Å². The third-order valence-electron chi connectivity index (χ3n) is 3.78. The van der Waals surface area contributed by atoms with Crippen molar-refractivity contribution in [3.8, 4) is 11.5 Å². The summed E-state index contributed by atoms with van der Waals surface area (Å²) < 4.78 is 11.5. The highest BCUT2D eigenvalue weighted by atomic mass is 16.6. The van der Waals surface area contributed by atoms with Crippen LogP contribution in [0.15, 0.2) is 18.2 Å². The van der Waals surface area contributed by atoms with Gasteiger partial charge in [-0.05, 0) is 12.1 Å². The molecule has 1 aromatic rings. The van der Waals surface area contributed by atoms with E-state index in [1.165, 1.54) is 0 Å². The minimum absolute atomic E-state index is 0.0495. The molecule has 2 aliphatic heterocycles. The lowest BCUT2D eigenvalue weighted by atomic mass is 10.2. The summed E-state index contributed by atoms with van der Waals surface area (Å²) in [5, 5.41) is 18.4. The van der Waals surface area contributed by atoms with Crippen molar-refractivity contribution in [1.82, 2.24) is 4.90 Å². The van der Waals surface area contributed by atoms with Crippen LogP contribution in [0.3, 0.4) is 0 Å². The lowest BCUT2D eigenvalue weighted by Crippen LogP contribution is -2.47. The number of fused-ring (bicyclic) bond motifs is 1. The first-order chi connectivity index (χ1) is 9.81. The molecule has 1 unspecified atom stereocenters. The molecule has 2 heterocycles. The molecular formula is C14H20N2O4. The average molecular weight is 280 g/mol. The quantitative estimate of drug-likeness (QED) is 0.805. The molecule has 3 rings (SSSR count). The number of para-hydroxylation sites is 1. The number of hydrogen-bond acceptors (Lipinski definition) is 6. The van der Waals surface area contributed by atoms with Gasteiger partial charge in [-0.15, -0.1) is 0 Å². The molecular weight excluding hydrogens is 260 g/mol. The minimum Gasteiger partial charge on any atom is -0.486 e. The molecule has 0 bridgehead atoms. The Hall–Kier alpha value is -1.50. The molecule has 0 saturated carbocycles. The molecule has 0 spiro atoms. The van der Waals surface area contributed by atoms with Gasteiger partial charge in [-0.2, -0.15) is 0 Å². The summed E-state index contributed by atoms with van der Waals surface area (Å²) in [4.78, 5) is 4.23. The number of benzene rings is 1. The number of ether oxygens (including phenoxy) is 2. The van der Waals surface area contributed by atoms with Gasteiger partial charge in [-0.25, -0.2) is 0 Å². The van der Waals surface area contributed by atoms with Crippen LogP contribution in [0, 0.1) is 0 Å². The van der Waals surface area contributed by atoms with Crippen molar-refractivity contribution in [2.24, 2.45) is 0 Å². The molecule has 1 atom stereocenters. The molecule has 1 aromatic carbocycles. The molecule has 0 aliphatic carbocycles. The fourth-order valence-electron chi connectivity index (χ4n) is 2.59. The number of hydrogen-bond donors (Lipinski definition) is 2. The Balaban J connectivity index is 1.80. The summed E-state index contributed by atoms with van der Waals surface area (Å²) in [7, 11) is 0. The van der Waals surface area contributed by atoms with Gasteiger partial charge in [0, 0.05) is 26.2 Å². The Kier molecular flexibility index (Phi) is 3.95. The Labute approximate surface area is 118 Å². The summed E-state index contributed by atoms with van der Waals surface area (Å²) in [6.45, 7) is 3.76. The average Bonchev–Trinajstić information content (AvgIpc) is 2.54. The molecule has 0 radical (unpaired) electrons. The topological polar surface area (TPSA) is 65.4 Å². The number of anilines is 1. The van der Waals surface area contributed by atoms with Crippen molar-refractivity contribution in [1.29, 1.82) is 0 Å². The van der Waals surface area contributed by atoms with Gasteiger partial charge in [0.2, 0.25) is 0 Å². The number of aliphatic hydroxyl groups is 2. The Morgan fingerprint density at radius 1 is 1.15 bits per heavy atom. The van der Waals surface area contributed by atoms with Crippen LogP contribution in [-0.2, 0) is 0 Å². The van der Waals surface area contributed by atoms with Crippen molar-refractivity contribution in [3.05, 3.63) is 18.2 Å². The molecule has 110 valence electrons. The van der Waals surface area contributed by atoms with Crippen LogP contribution in [-0.4, -0.2) is 67.3 Å². The highest BCUT2D eigenvalue weighted by Gasteiger charge is 2.26. The smallest absolute Gasteiger partial charge is 0.185 e. The van der Waals surface area contributed by atoms with Crippen LogP contribution >= 0.6 is 0 Å². The van der Waals surface area contributed by atoms with E-state index in [1.54, 1.807) is 0 Å².